The zero-order chi connectivity index (χ0) is 16.5. The van der Waals surface area contributed by atoms with Crippen molar-refractivity contribution in [3.05, 3.63) is 72.1 Å². The second-order valence-corrected chi connectivity index (χ2v) is 6.69. The van der Waals surface area contributed by atoms with Crippen molar-refractivity contribution >= 4 is 0 Å². The van der Waals surface area contributed by atoms with Crippen LogP contribution in [0.3, 0.4) is 0 Å². The summed E-state index contributed by atoms with van der Waals surface area (Å²) in [5, 5.41) is 4.48. The molecule has 1 aliphatic rings. The van der Waals surface area contributed by atoms with Gasteiger partial charge in [-0.2, -0.15) is 5.10 Å². The molecule has 124 valence electrons. The summed E-state index contributed by atoms with van der Waals surface area (Å²) >= 11 is 0. The first-order valence-electron chi connectivity index (χ1n) is 8.54. The highest BCUT2D eigenvalue weighted by Crippen LogP contribution is 2.30. The highest BCUT2D eigenvalue weighted by molar-refractivity contribution is 5.21. The molecule has 24 heavy (non-hydrogen) atoms. The first-order valence-corrected chi connectivity index (χ1v) is 8.54. The lowest BCUT2D eigenvalue weighted by Crippen LogP contribution is -2.37. The van der Waals surface area contributed by atoms with E-state index in [2.05, 4.69) is 80.7 Å². The van der Waals surface area contributed by atoms with Crippen LogP contribution in [0.4, 0.5) is 0 Å². The van der Waals surface area contributed by atoms with Crippen molar-refractivity contribution in [1.82, 2.24) is 24.2 Å². The van der Waals surface area contributed by atoms with Gasteiger partial charge < -0.3 is 4.57 Å². The van der Waals surface area contributed by atoms with Gasteiger partial charge in [-0.05, 0) is 25.5 Å². The maximum absolute atomic E-state index is 4.52. The van der Waals surface area contributed by atoms with Crippen molar-refractivity contribution < 1.29 is 0 Å². The van der Waals surface area contributed by atoms with Crippen LogP contribution in [-0.2, 0) is 19.6 Å². The number of hydrogen-bond donors (Lipinski definition) is 0. The van der Waals surface area contributed by atoms with Gasteiger partial charge in [0, 0.05) is 37.7 Å². The van der Waals surface area contributed by atoms with E-state index >= 15 is 0 Å². The summed E-state index contributed by atoms with van der Waals surface area (Å²) in [6.45, 7) is 7.03. The predicted octanol–water partition coefficient (Wildman–Crippen LogP) is 3.42. The molecule has 3 aromatic rings. The lowest BCUT2D eigenvalue weighted by Gasteiger charge is -2.36. The Morgan fingerprint density at radius 3 is 2.75 bits per heavy atom. The minimum atomic E-state index is 0.350. The predicted molar refractivity (Wildman–Crippen MR) is 93.3 cm³/mol. The van der Waals surface area contributed by atoms with Gasteiger partial charge in [-0.1, -0.05) is 30.3 Å². The molecule has 0 N–H and O–H groups in total. The molecule has 0 unspecified atom stereocenters. The Bertz CT molecular complexity index is 802. The van der Waals surface area contributed by atoms with Crippen molar-refractivity contribution in [3.8, 4) is 0 Å². The van der Waals surface area contributed by atoms with Crippen LogP contribution in [0, 0.1) is 0 Å². The number of hydrogen-bond acceptors (Lipinski definition) is 3. The van der Waals surface area contributed by atoms with E-state index in [1.807, 2.05) is 12.4 Å². The highest BCUT2D eigenvalue weighted by atomic mass is 15.3. The Morgan fingerprint density at radius 2 is 1.96 bits per heavy atom. The minimum absolute atomic E-state index is 0.350. The molecule has 1 aliphatic heterocycles. The van der Waals surface area contributed by atoms with E-state index in [9.17, 15) is 0 Å². The molecule has 0 radical (unpaired) electrons. The number of fused-ring (bicyclic) bond motifs is 1. The van der Waals surface area contributed by atoms with Gasteiger partial charge in [-0.3, -0.25) is 9.58 Å². The average molecular weight is 321 g/mol. The second kappa shape index (κ2) is 6.24. The number of nitrogens with zero attached hydrogens (tertiary/aromatic N) is 5. The molecule has 0 fully saturated rings. The molecule has 2 aromatic heterocycles. The summed E-state index contributed by atoms with van der Waals surface area (Å²) in [4.78, 5) is 7.03. The molecule has 1 atom stereocenters. The third kappa shape index (κ3) is 2.76. The third-order valence-corrected chi connectivity index (χ3v) is 4.75. The van der Waals surface area contributed by atoms with Crippen LogP contribution in [0.15, 0.2) is 55.0 Å². The van der Waals surface area contributed by atoms with E-state index in [4.69, 9.17) is 0 Å². The molecule has 0 aliphatic carbocycles. The first-order chi connectivity index (χ1) is 11.7. The van der Waals surface area contributed by atoms with Crippen molar-refractivity contribution in [1.29, 1.82) is 0 Å². The van der Waals surface area contributed by atoms with E-state index in [0.717, 1.165) is 25.5 Å². The molecule has 0 amide bonds. The fourth-order valence-corrected chi connectivity index (χ4v) is 3.55. The Kier molecular flexibility index (Phi) is 3.94. The number of aromatic nitrogens is 4. The van der Waals surface area contributed by atoms with Crippen LogP contribution in [0.2, 0.25) is 0 Å². The van der Waals surface area contributed by atoms with Crippen LogP contribution in [0.1, 0.15) is 43.0 Å². The summed E-state index contributed by atoms with van der Waals surface area (Å²) < 4.78 is 4.39. The van der Waals surface area contributed by atoms with Crippen LogP contribution in [0.25, 0.3) is 0 Å². The second-order valence-electron chi connectivity index (χ2n) is 6.69. The van der Waals surface area contributed by atoms with Crippen LogP contribution in [0.5, 0.6) is 0 Å². The highest BCUT2D eigenvalue weighted by Gasteiger charge is 2.28. The summed E-state index contributed by atoms with van der Waals surface area (Å²) in [6, 6.07) is 13.6. The summed E-state index contributed by atoms with van der Waals surface area (Å²) in [5.74, 6) is 1.14. The molecule has 4 rings (SSSR count). The van der Waals surface area contributed by atoms with E-state index < -0.39 is 0 Å². The van der Waals surface area contributed by atoms with Gasteiger partial charge in [0.2, 0.25) is 0 Å². The lowest BCUT2D eigenvalue weighted by molar-refractivity contribution is 0.124. The molecule has 0 saturated carbocycles. The van der Waals surface area contributed by atoms with Crippen LogP contribution < -0.4 is 0 Å². The SMILES string of the molecule is CC(C)n1nccc1CN1Cc2nccn2C[C@@H]1c1ccccc1. The molecule has 5 nitrogen and oxygen atoms in total. The monoisotopic (exact) mass is 321 g/mol. The number of benzene rings is 1. The third-order valence-electron chi connectivity index (χ3n) is 4.75. The van der Waals surface area contributed by atoms with Gasteiger partial charge in [0.25, 0.3) is 0 Å². The van der Waals surface area contributed by atoms with Crippen molar-refractivity contribution in [3.63, 3.8) is 0 Å². The smallest absolute Gasteiger partial charge is 0.122 e. The standard InChI is InChI=1S/C19H23N5/c1-15(2)24-17(8-9-21-24)12-23-14-19-20-10-11-22(19)13-18(23)16-6-4-3-5-7-16/h3-11,15,18H,12-14H2,1-2H3/t18-/m1/s1. The Balaban J connectivity index is 1.67. The van der Waals surface area contributed by atoms with Crippen molar-refractivity contribution in [2.24, 2.45) is 0 Å². The van der Waals surface area contributed by atoms with Crippen molar-refractivity contribution in [2.75, 3.05) is 0 Å². The number of imidazole rings is 1. The van der Waals surface area contributed by atoms with E-state index in [1.54, 1.807) is 0 Å². The molecular weight excluding hydrogens is 298 g/mol. The molecule has 0 bridgehead atoms. The van der Waals surface area contributed by atoms with Gasteiger partial charge in [-0.15, -0.1) is 0 Å². The molecule has 5 heteroatoms. The fraction of sp³-hybridized carbons (Fsp3) is 0.368. The summed E-state index contributed by atoms with van der Waals surface area (Å²) in [7, 11) is 0. The van der Waals surface area contributed by atoms with Gasteiger partial charge in [0.15, 0.2) is 0 Å². The van der Waals surface area contributed by atoms with E-state index in [1.165, 1.54) is 11.3 Å². The number of rotatable bonds is 4. The van der Waals surface area contributed by atoms with Crippen molar-refractivity contribution in [2.45, 2.75) is 45.6 Å². The topological polar surface area (TPSA) is 38.9 Å². The minimum Gasteiger partial charge on any atom is -0.332 e. The van der Waals surface area contributed by atoms with Gasteiger partial charge >= 0.3 is 0 Å². The fourth-order valence-electron chi connectivity index (χ4n) is 3.55. The molecule has 3 heterocycles. The van der Waals surface area contributed by atoms with Gasteiger partial charge in [-0.25, -0.2) is 4.98 Å². The molecule has 1 aromatic carbocycles. The van der Waals surface area contributed by atoms with Gasteiger partial charge in [0.05, 0.1) is 18.3 Å². The average Bonchev–Trinajstić information content (AvgIpc) is 3.23. The Labute approximate surface area is 142 Å². The summed E-state index contributed by atoms with van der Waals surface area (Å²) in [6.07, 6.45) is 5.89. The largest absolute Gasteiger partial charge is 0.332 e. The maximum Gasteiger partial charge on any atom is 0.122 e. The lowest BCUT2D eigenvalue weighted by atomic mass is 10.0. The Hall–Kier alpha value is -2.40. The maximum atomic E-state index is 4.52. The Morgan fingerprint density at radius 1 is 1.12 bits per heavy atom. The normalized spacial score (nSPS) is 18.0. The molecular formula is C19H23N5. The zero-order valence-corrected chi connectivity index (χ0v) is 14.2. The van der Waals surface area contributed by atoms with Crippen LogP contribution >= 0.6 is 0 Å². The molecule has 0 spiro atoms. The van der Waals surface area contributed by atoms with E-state index in [0.29, 0.717) is 12.1 Å². The van der Waals surface area contributed by atoms with E-state index in [-0.39, 0.29) is 0 Å². The van der Waals surface area contributed by atoms with Crippen LogP contribution in [-0.4, -0.2) is 24.2 Å². The van der Waals surface area contributed by atoms with Gasteiger partial charge in [0.1, 0.15) is 5.82 Å². The quantitative estimate of drug-likeness (QED) is 0.739. The summed E-state index contributed by atoms with van der Waals surface area (Å²) in [5.41, 5.74) is 2.61. The first kappa shape index (κ1) is 15.1. The molecule has 0 saturated heterocycles. The zero-order valence-electron chi connectivity index (χ0n) is 14.2.